The van der Waals surface area contributed by atoms with Crippen molar-refractivity contribution in [3.05, 3.63) is 30.1 Å². The molecule has 0 N–H and O–H groups in total. The van der Waals surface area contributed by atoms with E-state index in [1.807, 2.05) is 0 Å². The second kappa shape index (κ2) is 17.6. The topological polar surface area (TPSA) is 3.88 Å². The SMILES string of the molecule is CCCCCCCCCCCC[n+]1cccc(CCCCCCCC)c1. The van der Waals surface area contributed by atoms with Crippen LogP contribution in [0.25, 0.3) is 0 Å². The Bertz CT molecular complexity index is 412. The molecule has 0 aliphatic carbocycles. The maximum atomic E-state index is 2.41. The molecule has 0 bridgehead atoms. The van der Waals surface area contributed by atoms with Crippen molar-refractivity contribution in [2.75, 3.05) is 0 Å². The first-order valence-electron chi connectivity index (χ1n) is 11.8. The van der Waals surface area contributed by atoms with Crippen molar-refractivity contribution in [1.82, 2.24) is 0 Å². The van der Waals surface area contributed by atoms with Crippen LogP contribution in [0.1, 0.15) is 122 Å². The van der Waals surface area contributed by atoms with Crippen LogP contribution in [0, 0.1) is 0 Å². The molecule has 0 atom stereocenters. The molecule has 0 aromatic carbocycles. The van der Waals surface area contributed by atoms with Crippen molar-refractivity contribution in [1.29, 1.82) is 0 Å². The van der Waals surface area contributed by atoms with Gasteiger partial charge in [0.2, 0.25) is 0 Å². The maximum absolute atomic E-state index is 2.41. The highest BCUT2D eigenvalue weighted by Crippen LogP contribution is 2.11. The van der Waals surface area contributed by atoms with Crippen LogP contribution >= 0.6 is 0 Å². The first-order chi connectivity index (χ1) is 12.9. The van der Waals surface area contributed by atoms with Gasteiger partial charge in [0.15, 0.2) is 12.4 Å². The van der Waals surface area contributed by atoms with Crippen LogP contribution < -0.4 is 4.57 Å². The first kappa shape index (κ1) is 23.2. The summed E-state index contributed by atoms with van der Waals surface area (Å²) in [4.78, 5) is 0. The van der Waals surface area contributed by atoms with E-state index in [1.54, 1.807) is 0 Å². The van der Waals surface area contributed by atoms with E-state index in [4.69, 9.17) is 0 Å². The van der Waals surface area contributed by atoms with E-state index in [0.29, 0.717) is 0 Å². The number of aromatic nitrogens is 1. The number of nitrogens with zero attached hydrogens (tertiary/aromatic N) is 1. The summed E-state index contributed by atoms with van der Waals surface area (Å²) < 4.78 is 2.41. The minimum atomic E-state index is 1.20. The van der Waals surface area contributed by atoms with E-state index >= 15 is 0 Å². The molecule has 150 valence electrons. The molecular formula is C25H46N+. The molecule has 1 aromatic heterocycles. The fourth-order valence-electron chi connectivity index (χ4n) is 3.75. The molecule has 0 radical (unpaired) electrons. The zero-order valence-corrected chi connectivity index (χ0v) is 18.0. The summed E-state index contributed by atoms with van der Waals surface area (Å²) in [5, 5.41) is 0. The Morgan fingerprint density at radius 2 is 1.12 bits per heavy atom. The quantitative estimate of drug-likeness (QED) is 0.186. The number of unbranched alkanes of at least 4 members (excludes halogenated alkanes) is 14. The first-order valence-corrected chi connectivity index (χ1v) is 11.8. The molecule has 1 heterocycles. The van der Waals surface area contributed by atoms with E-state index < -0.39 is 0 Å². The van der Waals surface area contributed by atoms with Crippen molar-refractivity contribution in [3.63, 3.8) is 0 Å². The van der Waals surface area contributed by atoms with E-state index in [9.17, 15) is 0 Å². The highest BCUT2D eigenvalue weighted by atomic mass is 14.9. The van der Waals surface area contributed by atoms with Crippen molar-refractivity contribution in [3.8, 4) is 0 Å². The van der Waals surface area contributed by atoms with Gasteiger partial charge in [-0.15, -0.1) is 0 Å². The standard InChI is InChI=1S/C25H46N/c1-3-5-7-9-11-12-13-14-16-18-22-26-23-19-21-25(24-26)20-17-15-10-8-6-4-2/h19,21,23-24H,3-18,20,22H2,1-2H3/q+1. The second-order valence-electron chi connectivity index (χ2n) is 8.15. The van der Waals surface area contributed by atoms with Crippen LogP contribution in [-0.4, -0.2) is 0 Å². The molecule has 26 heavy (non-hydrogen) atoms. The van der Waals surface area contributed by atoms with Gasteiger partial charge >= 0.3 is 0 Å². The molecule has 0 aliphatic heterocycles. The number of rotatable bonds is 18. The Morgan fingerprint density at radius 1 is 0.615 bits per heavy atom. The smallest absolute Gasteiger partial charge is 0.171 e. The second-order valence-corrected chi connectivity index (χ2v) is 8.15. The van der Waals surface area contributed by atoms with Crippen molar-refractivity contribution >= 4 is 0 Å². The molecule has 0 fully saturated rings. The Hall–Kier alpha value is -0.850. The van der Waals surface area contributed by atoms with Crippen molar-refractivity contribution < 1.29 is 4.57 Å². The number of pyridine rings is 1. The monoisotopic (exact) mass is 360 g/mol. The summed E-state index contributed by atoms with van der Waals surface area (Å²) >= 11 is 0. The van der Waals surface area contributed by atoms with E-state index in [1.165, 1.54) is 121 Å². The van der Waals surface area contributed by atoms with Crippen LogP contribution in [0.5, 0.6) is 0 Å². The van der Waals surface area contributed by atoms with Gasteiger partial charge in [-0.1, -0.05) is 97.3 Å². The summed E-state index contributed by atoms with van der Waals surface area (Å²) in [5.41, 5.74) is 1.52. The molecule has 1 heteroatoms. The Kier molecular flexibility index (Phi) is 15.7. The largest absolute Gasteiger partial charge is 0.205 e. The molecule has 0 saturated heterocycles. The van der Waals surface area contributed by atoms with Crippen LogP contribution in [0.4, 0.5) is 0 Å². The van der Waals surface area contributed by atoms with Crippen molar-refractivity contribution in [2.45, 2.75) is 130 Å². The number of hydrogen-bond donors (Lipinski definition) is 0. The third-order valence-corrected chi connectivity index (χ3v) is 5.51. The average Bonchev–Trinajstić information content (AvgIpc) is 2.66. The van der Waals surface area contributed by atoms with Crippen LogP contribution in [0.2, 0.25) is 0 Å². The predicted octanol–water partition coefficient (Wildman–Crippen LogP) is 7.80. The highest BCUT2D eigenvalue weighted by Gasteiger charge is 2.03. The van der Waals surface area contributed by atoms with Crippen LogP contribution in [-0.2, 0) is 13.0 Å². The Balaban J connectivity index is 2.01. The van der Waals surface area contributed by atoms with Gasteiger partial charge in [-0.25, -0.2) is 4.57 Å². The summed E-state index contributed by atoms with van der Waals surface area (Å²) in [6, 6.07) is 4.55. The molecule has 0 unspecified atom stereocenters. The third kappa shape index (κ3) is 13.4. The minimum absolute atomic E-state index is 1.20. The van der Waals surface area contributed by atoms with Gasteiger partial charge in [0.1, 0.15) is 6.54 Å². The predicted molar refractivity (Wildman–Crippen MR) is 116 cm³/mol. The van der Waals surface area contributed by atoms with Crippen molar-refractivity contribution in [2.24, 2.45) is 0 Å². The van der Waals surface area contributed by atoms with Gasteiger partial charge in [0.05, 0.1) is 0 Å². The normalized spacial score (nSPS) is 11.2. The summed E-state index contributed by atoms with van der Waals surface area (Å²) in [5.74, 6) is 0. The fourth-order valence-corrected chi connectivity index (χ4v) is 3.75. The Morgan fingerprint density at radius 3 is 1.69 bits per heavy atom. The molecule has 0 spiro atoms. The molecule has 0 aliphatic rings. The molecule has 1 rings (SSSR count). The highest BCUT2D eigenvalue weighted by molar-refractivity contribution is 5.05. The van der Waals surface area contributed by atoms with E-state index in [0.717, 1.165) is 0 Å². The molecular weight excluding hydrogens is 314 g/mol. The lowest BCUT2D eigenvalue weighted by atomic mass is 10.1. The van der Waals surface area contributed by atoms with Gasteiger partial charge in [-0.2, -0.15) is 0 Å². The zero-order valence-electron chi connectivity index (χ0n) is 18.0. The van der Waals surface area contributed by atoms with Gasteiger partial charge in [0, 0.05) is 18.1 Å². The summed E-state index contributed by atoms with van der Waals surface area (Å²) in [7, 11) is 0. The fraction of sp³-hybridized carbons (Fsp3) is 0.800. The van der Waals surface area contributed by atoms with Gasteiger partial charge in [-0.3, -0.25) is 0 Å². The van der Waals surface area contributed by atoms with Gasteiger partial charge in [-0.05, 0) is 25.3 Å². The lowest BCUT2D eigenvalue weighted by molar-refractivity contribution is -0.697. The average molecular weight is 361 g/mol. The maximum Gasteiger partial charge on any atom is 0.171 e. The van der Waals surface area contributed by atoms with Gasteiger partial charge < -0.3 is 0 Å². The molecule has 1 nitrogen and oxygen atoms in total. The number of hydrogen-bond acceptors (Lipinski definition) is 0. The number of aryl methyl sites for hydroxylation is 2. The third-order valence-electron chi connectivity index (χ3n) is 5.51. The zero-order chi connectivity index (χ0) is 18.7. The summed E-state index contributed by atoms with van der Waals surface area (Å²) in [6.45, 7) is 5.78. The van der Waals surface area contributed by atoms with Gasteiger partial charge in [0.25, 0.3) is 0 Å². The lowest BCUT2D eigenvalue weighted by Crippen LogP contribution is -2.33. The molecule has 0 saturated carbocycles. The van der Waals surface area contributed by atoms with E-state index in [2.05, 4.69) is 42.9 Å². The van der Waals surface area contributed by atoms with Crippen LogP contribution in [0.15, 0.2) is 24.5 Å². The Labute approximate surface area is 164 Å². The molecule has 0 amide bonds. The molecule has 1 aromatic rings. The lowest BCUT2D eigenvalue weighted by Gasteiger charge is -2.03. The minimum Gasteiger partial charge on any atom is -0.205 e. The van der Waals surface area contributed by atoms with Crippen LogP contribution in [0.3, 0.4) is 0 Å². The van der Waals surface area contributed by atoms with E-state index in [-0.39, 0.29) is 0 Å². The summed E-state index contributed by atoms with van der Waals surface area (Å²) in [6.07, 6.45) is 28.4.